The second kappa shape index (κ2) is 3.62. The molecule has 0 aliphatic rings. The van der Waals surface area contributed by atoms with Crippen LogP contribution in [0.3, 0.4) is 0 Å². The maximum absolute atomic E-state index is 10.4. The molecule has 0 bridgehead atoms. The van der Waals surface area contributed by atoms with E-state index in [9.17, 15) is 10.1 Å². The molecule has 1 rings (SSSR count). The van der Waals surface area contributed by atoms with Crippen LogP contribution >= 0.6 is 11.6 Å². The van der Waals surface area contributed by atoms with Crippen molar-refractivity contribution in [2.45, 2.75) is 6.92 Å². The lowest BCUT2D eigenvalue weighted by Gasteiger charge is -2.05. The molecule has 5 heteroatoms. The average molecular weight is 202 g/mol. The van der Waals surface area contributed by atoms with Crippen LogP contribution in [0, 0.1) is 17.0 Å². The largest absolute Gasteiger partial charge is 0.495 e. The van der Waals surface area contributed by atoms with Crippen LogP contribution in [0.4, 0.5) is 5.69 Å². The first kappa shape index (κ1) is 9.80. The van der Waals surface area contributed by atoms with Crippen molar-refractivity contribution in [2.24, 2.45) is 0 Å². The number of hydrogen-bond acceptors (Lipinski definition) is 3. The molecule has 0 spiro atoms. The van der Waals surface area contributed by atoms with Crippen LogP contribution in [0.25, 0.3) is 0 Å². The lowest BCUT2D eigenvalue weighted by atomic mass is 10.2. The van der Waals surface area contributed by atoms with Crippen molar-refractivity contribution in [2.75, 3.05) is 7.11 Å². The summed E-state index contributed by atoms with van der Waals surface area (Å²) in [6.07, 6.45) is 0. The minimum Gasteiger partial charge on any atom is -0.495 e. The number of methoxy groups -OCH3 is 1. The van der Waals surface area contributed by atoms with Crippen LogP contribution in [0.5, 0.6) is 5.75 Å². The second-order valence-electron chi connectivity index (χ2n) is 2.53. The van der Waals surface area contributed by atoms with Crippen LogP contribution in [-0.4, -0.2) is 12.0 Å². The van der Waals surface area contributed by atoms with Gasteiger partial charge in [0, 0.05) is 12.1 Å². The molecule has 1 aromatic rings. The Morgan fingerprint density at radius 3 is 2.54 bits per heavy atom. The molecular formula is C8H8ClNO3. The Labute approximate surface area is 80.2 Å². The molecule has 0 aliphatic heterocycles. The number of aryl methyl sites for hydroxylation is 1. The Kier molecular flexibility index (Phi) is 2.72. The molecule has 0 amide bonds. The van der Waals surface area contributed by atoms with Gasteiger partial charge in [-0.3, -0.25) is 10.1 Å². The number of nitro groups is 1. The van der Waals surface area contributed by atoms with E-state index in [0.717, 1.165) is 0 Å². The molecule has 0 unspecified atom stereocenters. The Morgan fingerprint density at radius 1 is 1.54 bits per heavy atom. The third-order valence-corrected chi connectivity index (χ3v) is 1.91. The molecule has 0 aliphatic carbocycles. The highest BCUT2D eigenvalue weighted by Crippen LogP contribution is 2.32. The van der Waals surface area contributed by atoms with Gasteiger partial charge < -0.3 is 4.74 Å². The molecule has 0 fully saturated rings. The number of nitrogens with zero attached hydrogens (tertiary/aromatic N) is 1. The standard InChI is InChI=1S/C8H8ClNO3/c1-5-3-6(10(11)12)4-7(9)8(5)13-2/h3-4H,1-2H3. The van der Waals surface area contributed by atoms with Gasteiger partial charge in [-0.15, -0.1) is 0 Å². The zero-order valence-corrected chi connectivity index (χ0v) is 7.96. The molecule has 0 aromatic heterocycles. The fourth-order valence-corrected chi connectivity index (χ4v) is 1.41. The number of nitro benzene ring substituents is 1. The summed E-state index contributed by atoms with van der Waals surface area (Å²) in [4.78, 5) is 9.92. The fraction of sp³-hybridized carbons (Fsp3) is 0.250. The molecule has 4 nitrogen and oxygen atoms in total. The van der Waals surface area contributed by atoms with Crippen LogP contribution in [0.1, 0.15) is 5.56 Å². The quantitative estimate of drug-likeness (QED) is 0.546. The van der Waals surface area contributed by atoms with Crippen molar-refractivity contribution in [1.29, 1.82) is 0 Å². The first-order valence-corrected chi connectivity index (χ1v) is 3.92. The van der Waals surface area contributed by atoms with Crippen LogP contribution in [0.2, 0.25) is 5.02 Å². The third kappa shape index (κ3) is 1.89. The van der Waals surface area contributed by atoms with Crippen molar-refractivity contribution in [3.05, 3.63) is 32.8 Å². The summed E-state index contributed by atoms with van der Waals surface area (Å²) in [5.74, 6) is 0.479. The van der Waals surface area contributed by atoms with E-state index in [1.54, 1.807) is 6.92 Å². The number of halogens is 1. The Hall–Kier alpha value is -1.29. The van der Waals surface area contributed by atoms with E-state index in [-0.39, 0.29) is 10.7 Å². The molecular weight excluding hydrogens is 194 g/mol. The van der Waals surface area contributed by atoms with Crippen molar-refractivity contribution in [1.82, 2.24) is 0 Å². The van der Waals surface area contributed by atoms with Gasteiger partial charge in [-0.2, -0.15) is 0 Å². The van der Waals surface area contributed by atoms with Crippen molar-refractivity contribution in [3.8, 4) is 5.75 Å². The SMILES string of the molecule is COc1c(C)cc([N+](=O)[O-])cc1Cl. The summed E-state index contributed by atoms with van der Waals surface area (Å²) in [7, 11) is 1.47. The third-order valence-electron chi connectivity index (χ3n) is 1.63. The van der Waals surface area contributed by atoms with E-state index < -0.39 is 4.92 Å². The van der Waals surface area contributed by atoms with Crippen molar-refractivity contribution in [3.63, 3.8) is 0 Å². The smallest absolute Gasteiger partial charge is 0.271 e. The summed E-state index contributed by atoms with van der Waals surface area (Å²) in [6, 6.07) is 2.69. The molecule has 1 aromatic carbocycles. The topological polar surface area (TPSA) is 52.4 Å². The van der Waals surface area contributed by atoms with Gasteiger partial charge >= 0.3 is 0 Å². The Bertz CT molecular complexity index is 328. The first-order chi connectivity index (χ1) is 6.06. The van der Waals surface area contributed by atoms with E-state index in [1.165, 1.54) is 19.2 Å². The molecule has 0 saturated heterocycles. The molecule has 13 heavy (non-hydrogen) atoms. The van der Waals surface area contributed by atoms with Gasteiger partial charge in [-0.1, -0.05) is 11.6 Å². The van der Waals surface area contributed by atoms with Crippen LogP contribution in [-0.2, 0) is 0 Å². The number of non-ortho nitro benzene ring substituents is 1. The van der Waals surface area contributed by atoms with Crippen LogP contribution < -0.4 is 4.74 Å². The summed E-state index contributed by atoms with van der Waals surface area (Å²) < 4.78 is 4.96. The van der Waals surface area contributed by atoms with Gasteiger partial charge in [0.1, 0.15) is 5.75 Å². The lowest BCUT2D eigenvalue weighted by molar-refractivity contribution is -0.384. The fourth-order valence-electron chi connectivity index (χ4n) is 1.08. The Morgan fingerprint density at radius 2 is 2.15 bits per heavy atom. The zero-order valence-electron chi connectivity index (χ0n) is 7.20. The van der Waals surface area contributed by atoms with Gasteiger partial charge in [0.05, 0.1) is 17.1 Å². The van der Waals surface area contributed by atoms with E-state index in [0.29, 0.717) is 11.3 Å². The predicted molar refractivity (Wildman–Crippen MR) is 49.4 cm³/mol. The molecule has 0 saturated carbocycles. The van der Waals surface area contributed by atoms with E-state index in [4.69, 9.17) is 16.3 Å². The van der Waals surface area contributed by atoms with E-state index >= 15 is 0 Å². The minimum atomic E-state index is -0.488. The Balaban J connectivity index is 3.28. The van der Waals surface area contributed by atoms with Crippen molar-refractivity contribution >= 4 is 17.3 Å². The summed E-state index contributed by atoms with van der Waals surface area (Å²) in [5, 5.41) is 10.7. The molecule has 0 N–H and O–H groups in total. The monoisotopic (exact) mass is 201 g/mol. The summed E-state index contributed by atoms with van der Waals surface area (Å²) in [5.41, 5.74) is 0.630. The zero-order chi connectivity index (χ0) is 10.0. The lowest BCUT2D eigenvalue weighted by Crippen LogP contribution is -1.92. The van der Waals surface area contributed by atoms with Crippen molar-refractivity contribution < 1.29 is 9.66 Å². The predicted octanol–water partition coefficient (Wildman–Crippen LogP) is 2.57. The van der Waals surface area contributed by atoms with Crippen LogP contribution in [0.15, 0.2) is 12.1 Å². The normalized spacial score (nSPS) is 9.77. The molecule has 0 heterocycles. The maximum Gasteiger partial charge on any atom is 0.271 e. The summed E-state index contributed by atoms with van der Waals surface area (Å²) >= 11 is 5.75. The highest BCUT2D eigenvalue weighted by molar-refractivity contribution is 6.32. The second-order valence-corrected chi connectivity index (χ2v) is 2.94. The molecule has 70 valence electrons. The summed E-state index contributed by atoms with van der Waals surface area (Å²) in [6.45, 7) is 1.71. The number of benzene rings is 1. The van der Waals surface area contributed by atoms with Gasteiger partial charge in [-0.25, -0.2) is 0 Å². The number of rotatable bonds is 2. The first-order valence-electron chi connectivity index (χ1n) is 3.54. The number of hydrogen-bond donors (Lipinski definition) is 0. The van der Waals surface area contributed by atoms with Gasteiger partial charge in [0.15, 0.2) is 0 Å². The van der Waals surface area contributed by atoms with Gasteiger partial charge in [0.25, 0.3) is 5.69 Å². The van der Waals surface area contributed by atoms with Gasteiger partial charge in [-0.05, 0) is 12.5 Å². The van der Waals surface area contributed by atoms with E-state index in [2.05, 4.69) is 0 Å². The van der Waals surface area contributed by atoms with Gasteiger partial charge in [0.2, 0.25) is 0 Å². The highest BCUT2D eigenvalue weighted by Gasteiger charge is 2.12. The maximum atomic E-state index is 10.4. The average Bonchev–Trinajstić information content (AvgIpc) is 2.03. The number of ether oxygens (including phenoxy) is 1. The minimum absolute atomic E-state index is 0.0247. The van der Waals surface area contributed by atoms with E-state index in [1.807, 2.05) is 0 Å². The molecule has 0 radical (unpaired) electrons. The molecule has 0 atom stereocenters. The highest BCUT2D eigenvalue weighted by atomic mass is 35.5.